The third-order valence-electron chi connectivity index (χ3n) is 3.78. The maximum Gasteiger partial charge on any atom is 0.307 e. The molecular weight excluding hydrogens is 266 g/mol. The van der Waals surface area contributed by atoms with E-state index in [1.807, 2.05) is 24.3 Å². The van der Waals surface area contributed by atoms with Gasteiger partial charge in [-0.3, -0.25) is 4.79 Å². The first kappa shape index (κ1) is 13.5. The molecule has 1 aliphatic rings. The Labute approximate surface area is 123 Å². The van der Waals surface area contributed by atoms with E-state index in [-0.39, 0.29) is 6.42 Å². The third kappa shape index (κ3) is 3.02. The van der Waals surface area contributed by atoms with Gasteiger partial charge in [-0.25, -0.2) is 9.97 Å². The van der Waals surface area contributed by atoms with E-state index in [4.69, 9.17) is 5.11 Å². The fraction of sp³-hybridized carbons (Fsp3) is 0.312. The van der Waals surface area contributed by atoms with Gasteiger partial charge >= 0.3 is 5.97 Å². The summed E-state index contributed by atoms with van der Waals surface area (Å²) in [5, 5.41) is 12.3. The van der Waals surface area contributed by atoms with Crippen LogP contribution in [-0.2, 0) is 30.6 Å². The first-order valence-corrected chi connectivity index (χ1v) is 7.09. The van der Waals surface area contributed by atoms with Crippen LogP contribution in [0.1, 0.15) is 28.8 Å². The number of fused-ring (bicyclic) bond motifs is 1. The average molecular weight is 283 g/mol. The van der Waals surface area contributed by atoms with E-state index >= 15 is 0 Å². The summed E-state index contributed by atoms with van der Waals surface area (Å²) >= 11 is 0. The summed E-state index contributed by atoms with van der Waals surface area (Å²) in [6.07, 6.45) is 4.78. The second-order valence-electron chi connectivity index (χ2n) is 5.19. The van der Waals surface area contributed by atoms with Crippen molar-refractivity contribution in [2.75, 3.05) is 5.32 Å². The van der Waals surface area contributed by atoms with Crippen molar-refractivity contribution in [3.8, 4) is 0 Å². The van der Waals surface area contributed by atoms with Crippen molar-refractivity contribution in [3.05, 3.63) is 53.0 Å². The highest BCUT2D eigenvalue weighted by molar-refractivity contribution is 5.70. The SMILES string of the molecule is O=C(O)Cc1ccccc1CNc1ncnc2c1CCC2. The van der Waals surface area contributed by atoms with Gasteiger partial charge in [0.15, 0.2) is 0 Å². The van der Waals surface area contributed by atoms with Crippen LogP contribution in [0.15, 0.2) is 30.6 Å². The van der Waals surface area contributed by atoms with E-state index in [9.17, 15) is 4.79 Å². The van der Waals surface area contributed by atoms with E-state index in [1.165, 1.54) is 5.56 Å². The molecule has 1 aromatic heterocycles. The molecule has 0 saturated heterocycles. The molecular formula is C16H17N3O2. The van der Waals surface area contributed by atoms with Crippen LogP contribution < -0.4 is 5.32 Å². The van der Waals surface area contributed by atoms with Crippen molar-refractivity contribution < 1.29 is 9.90 Å². The van der Waals surface area contributed by atoms with Crippen LogP contribution in [0.2, 0.25) is 0 Å². The van der Waals surface area contributed by atoms with Gasteiger partial charge in [-0.1, -0.05) is 24.3 Å². The number of anilines is 1. The smallest absolute Gasteiger partial charge is 0.307 e. The van der Waals surface area contributed by atoms with Crippen LogP contribution in [0.25, 0.3) is 0 Å². The quantitative estimate of drug-likeness (QED) is 0.880. The fourth-order valence-corrected chi connectivity index (χ4v) is 2.76. The number of carboxylic acids is 1. The zero-order chi connectivity index (χ0) is 14.7. The minimum Gasteiger partial charge on any atom is -0.481 e. The molecule has 0 amide bonds. The standard InChI is InChI=1S/C16H17N3O2/c20-15(21)8-11-4-1-2-5-12(11)9-17-16-13-6-3-7-14(13)18-10-19-16/h1-2,4-5,10H,3,6-9H2,(H,20,21)(H,17,18,19). The summed E-state index contributed by atoms with van der Waals surface area (Å²) in [6.45, 7) is 0.576. The molecule has 108 valence electrons. The summed E-state index contributed by atoms with van der Waals surface area (Å²) < 4.78 is 0. The maximum atomic E-state index is 10.9. The van der Waals surface area contributed by atoms with E-state index in [2.05, 4.69) is 15.3 Å². The molecule has 1 heterocycles. The van der Waals surface area contributed by atoms with E-state index in [1.54, 1.807) is 6.33 Å². The molecule has 21 heavy (non-hydrogen) atoms. The number of carbonyl (C=O) groups is 1. The van der Waals surface area contributed by atoms with Crippen LogP contribution in [0.5, 0.6) is 0 Å². The molecule has 1 aromatic carbocycles. The zero-order valence-corrected chi connectivity index (χ0v) is 11.7. The van der Waals surface area contributed by atoms with Gasteiger partial charge in [-0.2, -0.15) is 0 Å². The molecule has 3 rings (SSSR count). The van der Waals surface area contributed by atoms with Crippen LogP contribution in [-0.4, -0.2) is 21.0 Å². The number of aliphatic carboxylic acids is 1. The van der Waals surface area contributed by atoms with Crippen LogP contribution in [0, 0.1) is 0 Å². The number of hydrogen-bond donors (Lipinski definition) is 2. The van der Waals surface area contributed by atoms with Crippen molar-refractivity contribution in [2.24, 2.45) is 0 Å². The molecule has 0 atom stereocenters. The maximum absolute atomic E-state index is 10.9. The lowest BCUT2D eigenvalue weighted by Crippen LogP contribution is -2.09. The van der Waals surface area contributed by atoms with E-state index in [0.717, 1.165) is 41.9 Å². The Bertz CT molecular complexity index is 670. The van der Waals surface area contributed by atoms with Gasteiger partial charge < -0.3 is 10.4 Å². The Morgan fingerprint density at radius 2 is 2.00 bits per heavy atom. The molecule has 0 unspecified atom stereocenters. The number of nitrogens with one attached hydrogen (secondary N) is 1. The van der Waals surface area contributed by atoms with Gasteiger partial charge in [-0.15, -0.1) is 0 Å². The topological polar surface area (TPSA) is 75.1 Å². The van der Waals surface area contributed by atoms with Gasteiger partial charge in [0.05, 0.1) is 6.42 Å². The monoisotopic (exact) mass is 283 g/mol. The third-order valence-corrected chi connectivity index (χ3v) is 3.78. The van der Waals surface area contributed by atoms with Gasteiger partial charge in [-0.05, 0) is 30.4 Å². The van der Waals surface area contributed by atoms with Crippen LogP contribution in [0.4, 0.5) is 5.82 Å². The normalized spacial score (nSPS) is 13.0. The summed E-state index contributed by atoms with van der Waals surface area (Å²) in [4.78, 5) is 19.5. The highest BCUT2D eigenvalue weighted by Gasteiger charge is 2.17. The molecule has 0 bridgehead atoms. The summed E-state index contributed by atoms with van der Waals surface area (Å²) in [5.41, 5.74) is 4.16. The Hall–Kier alpha value is -2.43. The minimum atomic E-state index is -0.814. The summed E-state index contributed by atoms with van der Waals surface area (Å²) in [7, 11) is 0. The first-order valence-electron chi connectivity index (χ1n) is 7.09. The predicted molar refractivity (Wildman–Crippen MR) is 79.2 cm³/mol. The Morgan fingerprint density at radius 3 is 2.81 bits per heavy atom. The minimum absolute atomic E-state index is 0.0414. The number of carboxylic acid groups (broad SMARTS) is 1. The Morgan fingerprint density at radius 1 is 1.19 bits per heavy atom. The number of benzene rings is 1. The molecule has 0 spiro atoms. The summed E-state index contributed by atoms with van der Waals surface area (Å²) in [6, 6.07) is 7.60. The number of rotatable bonds is 5. The van der Waals surface area contributed by atoms with Crippen LogP contribution in [0.3, 0.4) is 0 Å². The Kier molecular flexibility index (Phi) is 3.81. The zero-order valence-electron chi connectivity index (χ0n) is 11.7. The molecule has 2 aromatic rings. The van der Waals surface area contributed by atoms with Crippen molar-refractivity contribution in [1.29, 1.82) is 0 Å². The number of hydrogen-bond acceptors (Lipinski definition) is 4. The molecule has 0 fully saturated rings. The lowest BCUT2D eigenvalue weighted by molar-refractivity contribution is -0.136. The lowest BCUT2D eigenvalue weighted by atomic mass is 10.0. The number of aryl methyl sites for hydroxylation is 1. The average Bonchev–Trinajstić information content (AvgIpc) is 2.95. The highest BCUT2D eigenvalue weighted by Crippen LogP contribution is 2.25. The second kappa shape index (κ2) is 5.91. The van der Waals surface area contributed by atoms with Crippen molar-refractivity contribution in [1.82, 2.24) is 9.97 Å². The molecule has 1 aliphatic carbocycles. The number of nitrogens with zero attached hydrogens (tertiary/aromatic N) is 2. The molecule has 5 nitrogen and oxygen atoms in total. The van der Waals surface area contributed by atoms with Gasteiger partial charge in [0, 0.05) is 17.8 Å². The molecule has 2 N–H and O–H groups in total. The van der Waals surface area contributed by atoms with Crippen molar-refractivity contribution in [3.63, 3.8) is 0 Å². The molecule has 0 aliphatic heterocycles. The molecule has 5 heteroatoms. The second-order valence-corrected chi connectivity index (χ2v) is 5.19. The molecule has 0 saturated carbocycles. The largest absolute Gasteiger partial charge is 0.481 e. The number of aromatic nitrogens is 2. The van der Waals surface area contributed by atoms with Crippen molar-refractivity contribution in [2.45, 2.75) is 32.2 Å². The summed E-state index contributed by atoms with van der Waals surface area (Å²) in [5.74, 6) is 0.0630. The highest BCUT2D eigenvalue weighted by atomic mass is 16.4. The van der Waals surface area contributed by atoms with Gasteiger partial charge in [0.25, 0.3) is 0 Å². The Balaban J connectivity index is 1.77. The van der Waals surface area contributed by atoms with Crippen LogP contribution >= 0.6 is 0 Å². The molecule has 0 radical (unpaired) electrons. The predicted octanol–water partition coefficient (Wildman–Crippen LogP) is 2.20. The van der Waals surface area contributed by atoms with Gasteiger partial charge in [0.1, 0.15) is 12.1 Å². The van der Waals surface area contributed by atoms with Crippen molar-refractivity contribution >= 4 is 11.8 Å². The van der Waals surface area contributed by atoms with E-state index < -0.39 is 5.97 Å². The first-order chi connectivity index (χ1) is 10.2. The van der Waals surface area contributed by atoms with Gasteiger partial charge in [0.2, 0.25) is 0 Å². The van der Waals surface area contributed by atoms with E-state index in [0.29, 0.717) is 6.54 Å². The lowest BCUT2D eigenvalue weighted by Gasteiger charge is -2.12. The fourth-order valence-electron chi connectivity index (χ4n) is 2.76.